The van der Waals surface area contributed by atoms with Gasteiger partial charge in [-0.3, -0.25) is 0 Å². The van der Waals surface area contributed by atoms with E-state index in [9.17, 15) is 0 Å². The predicted octanol–water partition coefficient (Wildman–Crippen LogP) is 3.04. The molecule has 0 aliphatic carbocycles. The van der Waals surface area contributed by atoms with Gasteiger partial charge in [0.1, 0.15) is 11.5 Å². The van der Waals surface area contributed by atoms with Crippen molar-refractivity contribution in [2.75, 3.05) is 0 Å². The summed E-state index contributed by atoms with van der Waals surface area (Å²) in [6.45, 7) is 8.90. The molecule has 0 saturated heterocycles. The minimum absolute atomic E-state index is 0.754. The number of rotatable bonds is 4. The average Bonchev–Trinajstić information content (AvgIpc) is 2.10. The van der Waals surface area contributed by atoms with Gasteiger partial charge in [-0.1, -0.05) is 13.2 Å². The Balaban J connectivity index is 2.90. The van der Waals surface area contributed by atoms with Gasteiger partial charge in [0.25, 0.3) is 0 Å². The summed E-state index contributed by atoms with van der Waals surface area (Å²) < 4.78 is 10.3. The zero-order valence-electron chi connectivity index (χ0n) is 7.62. The van der Waals surface area contributed by atoms with Crippen LogP contribution in [0.1, 0.15) is 5.56 Å². The second-order valence-electron chi connectivity index (χ2n) is 2.50. The van der Waals surface area contributed by atoms with Crippen molar-refractivity contribution >= 4 is 0 Å². The van der Waals surface area contributed by atoms with E-state index < -0.39 is 0 Å². The normalized spacial score (nSPS) is 9.00. The van der Waals surface area contributed by atoms with Crippen LogP contribution < -0.4 is 9.47 Å². The molecule has 0 fully saturated rings. The SMILES string of the molecule is C=COc1ccc(OC=C)c(C)c1. The molecule has 1 rings (SSSR count). The van der Waals surface area contributed by atoms with E-state index in [0.29, 0.717) is 0 Å². The van der Waals surface area contributed by atoms with Crippen LogP contribution in [0, 0.1) is 6.92 Å². The van der Waals surface area contributed by atoms with Crippen LogP contribution >= 0.6 is 0 Å². The van der Waals surface area contributed by atoms with Gasteiger partial charge < -0.3 is 9.47 Å². The quantitative estimate of drug-likeness (QED) is 0.656. The minimum Gasteiger partial charge on any atom is -0.466 e. The van der Waals surface area contributed by atoms with Crippen molar-refractivity contribution in [3.05, 3.63) is 49.4 Å². The Labute approximate surface area is 78.1 Å². The highest BCUT2D eigenvalue weighted by Crippen LogP contribution is 2.23. The third-order valence-electron chi connectivity index (χ3n) is 1.58. The molecule has 0 bridgehead atoms. The lowest BCUT2D eigenvalue weighted by Gasteiger charge is -2.06. The Kier molecular flexibility index (Phi) is 3.15. The molecule has 1 aromatic rings. The summed E-state index contributed by atoms with van der Waals surface area (Å²) in [7, 11) is 0. The van der Waals surface area contributed by atoms with Crippen LogP contribution in [0.2, 0.25) is 0 Å². The molecule has 0 unspecified atom stereocenters. The Morgan fingerprint density at radius 3 is 2.38 bits per heavy atom. The monoisotopic (exact) mass is 176 g/mol. The molecular weight excluding hydrogens is 164 g/mol. The molecule has 0 aromatic heterocycles. The van der Waals surface area contributed by atoms with Crippen LogP contribution in [0.4, 0.5) is 0 Å². The summed E-state index contributed by atoms with van der Waals surface area (Å²) in [5, 5.41) is 0. The average molecular weight is 176 g/mol. The number of hydrogen-bond acceptors (Lipinski definition) is 2. The van der Waals surface area contributed by atoms with Gasteiger partial charge in [-0.2, -0.15) is 0 Å². The maximum absolute atomic E-state index is 5.15. The fourth-order valence-corrected chi connectivity index (χ4v) is 1.01. The fourth-order valence-electron chi connectivity index (χ4n) is 1.01. The van der Waals surface area contributed by atoms with Gasteiger partial charge in [0.05, 0.1) is 12.5 Å². The van der Waals surface area contributed by atoms with E-state index in [-0.39, 0.29) is 0 Å². The molecule has 0 atom stereocenters. The molecule has 1 aromatic carbocycles. The summed E-state index contributed by atoms with van der Waals surface area (Å²) in [4.78, 5) is 0. The van der Waals surface area contributed by atoms with Crippen molar-refractivity contribution < 1.29 is 9.47 Å². The molecule has 0 aliphatic rings. The maximum atomic E-state index is 5.15. The third-order valence-corrected chi connectivity index (χ3v) is 1.58. The lowest BCUT2D eigenvalue weighted by atomic mass is 10.2. The van der Waals surface area contributed by atoms with Gasteiger partial charge in [0.15, 0.2) is 0 Å². The summed E-state index contributed by atoms with van der Waals surface area (Å²) in [6, 6.07) is 5.52. The van der Waals surface area contributed by atoms with Crippen molar-refractivity contribution in [3.63, 3.8) is 0 Å². The van der Waals surface area contributed by atoms with E-state index >= 15 is 0 Å². The van der Waals surface area contributed by atoms with E-state index in [1.165, 1.54) is 12.5 Å². The lowest BCUT2D eigenvalue weighted by Crippen LogP contribution is -1.87. The minimum atomic E-state index is 0.754. The van der Waals surface area contributed by atoms with Crippen LogP contribution in [0.25, 0.3) is 0 Å². The molecule has 2 nitrogen and oxygen atoms in total. The van der Waals surface area contributed by atoms with Crippen LogP contribution in [0.5, 0.6) is 11.5 Å². The molecule has 0 spiro atoms. The third kappa shape index (κ3) is 2.37. The zero-order valence-corrected chi connectivity index (χ0v) is 7.62. The highest BCUT2D eigenvalue weighted by atomic mass is 16.5. The summed E-state index contributed by atoms with van der Waals surface area (Å²) in [6.07, 6.45) is 2.79. The summed E-state index contributed by atoms with van der Waals surface area (Å²) in [5.41, 5.74) is 0.999. The van der Waals surface area contributed by atoms with Crippen LogP contribution in [0.15, 0.2) is 43.9 Å². The molecule has 0 N–H and O–H groups in total. The molecular formula is C11H12O2. The van der Waals surface area contributed by atoms with Gasteiger partial charge in [-0.05, 0) is 30.7 Å². The lowest BCUT2D eigenvalue weighted by molar-refractivity contribution is 0.467. The van der Waals surface area contributed by atoms with E-state index in [0.717, 1.165) is 17.1 Å². The molecule has 68 valence electrons. The number of aryl methyl sites for hydroxylation is 1. The molecule has 13 heavy (non-hydrogen) atoms. The second-order valence-corrected chi connectivity index (χ2v) is 2.50. The first-order chi connectivity index (χ1) is 6.27. The van der Waals surface area contributed by atoms with E-state index in [4.69, 9.17) is 9.47 Å². The van der Waals surface area contributed by atoms with Gasteiger partial charge >= 0.3 is 0 Å². The van der Waals surface area contributed by atoms with Crippen molar-refractivity contribution in [2.24, 2.45) is 0 Å². The number of ether oxygens (including phenoxy) is 2. The van der Waals surface area contributed by atoms with Crippen molar-refractivity contribution in [1.29, 1.82) is 0 Å². The maximum Gasteiger partial charge on any atom is 0.129 e. The molecule has 0 radical (unpaired) electrons. The molecule has 0 saturated carbocycles. The van der Waals surface area contributed by atoms with Crippen LogP contribution in [0.3, 0.4) is 0 Å². The first kappa shape index (κ1) is 9.39. The first-order valence-electron chi connectivity index (χ1n) is 3.93. The van der Waals surface area contributed by atoms with Crippen LogP contribution in [-0.2, 0) is 0 Å². The standard InChI is InChI=1S/C11H12O2/c1-4-12-10-6-7-11(13-5-2)9(3)8-10/h4-8H,1-2H2,3H3. The first-order valence-corrected chi connectivity index (χ1v) is 3.93. The van der Waals surface area contributed by atoms with Gasteiger partial charge in [0.2, 0.25) is 0 Å². The topological polar surface area (TPSA) is 18.5 Å². The largest absolute Gasteiger partial charge is 0.466 e. The van der Waals surface area contributed by atoms with E-state index in [1.807, 2.05) is 25.1 Å². The highest BCUT2D eigenvalue weighted by molar-refractivity contribution is 5.39. The van der Waals surface area contributed by atoms with Crippen molar-refractivity contribution in [1.82, 2.24) is 0 Å². The van der Waals surface area contributed by atoms with Gasteiger partial charge in [-0.25, -0.2) is 0 Å². The molecule has 0 heterocycles. The number of benzene rings is 1. The van der Waals surface area contributed by atoms with Crippen molar-refractivity contribution in [3.8, 4) is 11.5 Å². The molecule has 0 aliphatic heterocycles. The predicted molar refractivity (Wildman–Crippen MR) is 52.8 cm³/mol. The zero-order chi connectivity index (χ0) is 9.68. The second kappa shape index (κ2) is 4.36. The molecule has 2 heteroatoms. The highest BCUT2D eigenvalue weighted by Gasteiger charge is 1.99. The Bertz CT molecular complexity index is 316. The Hall–Kier alpha value is -1.70. The van der Waals surface area contributed by atoms with Gasteiger partial charge in [0, 0.05) is 0 Å². The summed E-state index contributed by atoms with van der Waals surface area (Å²) >= 11 is 0. The smallest absolute Gasteiger partial charge is 0.129 e. The van der Waals surface area contributed by atoms with E-state index in [1.54, 1.807) is 0 Å². The molecule has 0 amide bonds. The van der Waals surface area contributed by atoms with Crippen LogP contribution in [-0.4, -0.2) is 0 Å². The Morgan fingerprint density at radius 2 is 1.85 bits per heavy atom. The number of hydrogen-bond donors (Lipinski definition) is 0. The summed E-state index contributed by atoms with van der Waals surface area (Å²) in [5.74, 6) is 1.54. The van der Waals surface area contributed by atoms with Gasteiger partial charge in [-0.15, -0.1) is 0 Å². The van der Waals surface area contributed by atoms with E-state index in [2.05, 4.69) is 13.2 Å². The van der Waals surface area contributed by atoms with Crippen molar-refractivity contribution in [2.45, 2.75) is 6.92 Å². The Morgan fingerprint density at radius 1 is 1.15 bits per heavy atom. The fraction of sp³-hybridized carbons (Fsp3) is 0.0909.